The number of likely N-dealkylation sites (N-methyl/N-ethyl adjacent to an activating group) is 1. The summed E-state index contributed by atoms with van der Waals surface area (Å²) in [5.41, 5.74) is 3.05. The first kappa shape index (κ1) is 13.8. The van der Waals surface area contributed by atoms with Crippen LogP contribution < -0.4 is 4.90 Å². The molecule has 0 bridgehead atoms. The summed E-state index contributed by atoms with van der Waals surface area (Å²) in [5.74, 6) is 0.124. The second-order valence-electron chi connectivity index (χ2n) is 6.35. The van der Waals surface area contributed by atoms with E-state index in [4.69, 9.17) is 0 Å². The topological polar surface area (TPSA) is 36.4 Å². The number of hydrogen-bond acceptors (Lipinski definition) is 4. The van der Waals surface area contributed by atoms with E-state index in [-0.39, 0.29) is 11.4 Å². The molecular formula is C17H19N3OS. The average Bonchev–Trinajstić information content (AvgIpc) is 3.18. The minimum atomic E-state index is 0.0918. The zero-order valence-corrected chi connectivity index (χ0v) is 13.7. The van der Waals surface area contributed by atoms with E-state index in [1.165, 1.54) is 0 Å². The van der Waals surface area contributed by atoms with Gasteiger partial charge in [-0.25, -0.2) is 4.98 Å². The second-order valence-corrected chi connectivity index (χ2v) is 7.41. The van der Waals surface area contributed by atoms with Gasteiger partial charge in [-0.2, -0.15) is 0 Å². The number of amides is 1. The highest BCUT2D eigenvalue weighted by Gasteiger charge is 2.52. The van der Waals surface area contributed by atoms with Crippen molar-refractivity contribution in [1.82, 2.24) is 9.88 Å². The highest BCUT2D eigenvalue weighted by atomic mass is 32.1. The lowest BCUT2D eigenvalue weighted by atomic mass is 10.1. The number of hydrogen-bond donors (Lipinski definition) is 0. The van der Waals surface area contributed by atoms with Gasteiger partial charge in [-0.15, -0.1) is 11.3 Å². The van der Waals surface area contributed by atoms with E-state index in [9.17, 15) is 4.79 Å². The number of benzene rings is 1. The molecule has 5 heteroatoms. The molecule has 0 unspecified atom stereocenters. The van der Waals surface area contributed by atoms with Crippen LogP contribution in [-0.4, -0.2) is 34.9 Å². The van der Waals surface area contributed by atoms with Crippen LogP contribution in [0.4, 0.5) is 5.69 Å². The fraction of sp³-hybridized carbons (Fsp3) is 0.412. The van der Waals surface area contributed by atoms with Crippen LogP contribution >= 0.6 is 11.3 Å². The number of para-hydroxylation sites is 1. The molecular weight excluding hydrogens is 294 g/mol. The Morgan fingerprint density at radius 3 is 2.77 bits per heavy atom. The second kappa shape index (κ2) is 4.81. The van der Waals surface area contributed by atoms with Crippen molar-refractivity contribution in [3.05, 3.63) is 45.9 Å². The minimum absolute atomic E-state index is 0.0918. The molecule has 114 valence electrons. The monoisotopic (exact) mass is 313 g/mol. The molecule has 2 aliphatic rings. The molecule has 0 radical (unpaired) electrons. The van der Waals surface area contributed by atoms with Crippen molar-refractivity contribution in [2.75, 3.05) is 18.5 Å². The lowest BCUT2D eigenvalue weighted by Gasteiger charge is -2.33. The zero-order valence-electron chi connectivity index (χ0n) is 12.9. The van der Waals surface area contributed by atoms with Crippen molar-refractivity contribution in [3.8, 4) is 0 Å². The van der Waals surface area contributed by atoms with Gasteiger partial charge in [0.15, 0.2) is 0 Å². The van der Waals surface area contributed by atoms with Crippen molar-refractivity contribution >= 4 is 22.9 Å². The fourth-order valence-electron chi connectivity index (χ4n) is 3.42. The Kier molecular flexibility index (Phi) is 3.01. The Labute approximate surface area is 134 Å². The molecule has 1 spiro atoms. The molecule has 2 aromatic rings. The van der Waals surface area contributed by atoms with Gasteiger partial charge in [0.1, 0.15) is 0 Å². The van der Waals surface area contributed by atoms with Crippen molar-refractivity contribution in [1.29, 1.82) is 0 Å². The molecule has 1 fully saturated rings. The van der Waals surface area contributed by atoms with Crippen LogP contribution in [0.1, 0.15) is 33.9 Å². The third-order valence-corrected chi connectivity index (χ3v) is 5.51. The summed E-state index contributed by atoms with van der Waals surface area (Å²) >= 11 is 1.69. The van der Waals surface area contributed by atoms with E-state index < -0.39 is 0 Å². The van der Waals surface area contributed by atoms with E-state index >= 15 is 0 Å². The predicted molar refractivity (Wildman–Crippen MR) is 88.4 cm³/mol. The summed E-state index contributed by atoms with van der Waals surface area (Å²) in [5, 5.41) is 3.22. The van der Waals surface area contributed by atoms with Gasteiger partial charge in [-0.3, -0.25) is 4.79 Å². The fourth-order valence-corrected chi connectivity index (χ4v) is 4.02. The molecule has 4 nitrogen and oxygen atoms in total. The number of fused-ring (bicyclic) bond motifs is 1. The molecule has 1 aromatic heterocycles. The smallest absolute Gasteiger partial charge is 0.255 e. The number of nitrogens with zero attached hydrogens (tertiary/aromatic N) is 3. The van der Waals surface area contributed by atoms with Gasteiger partial charge in [0.05, 0.1) is 34.0 Å². The van der Waals surface area contributed by atoms with Crippen molar-refractivity contribution in [2.24, 2.45) is 0 Å². The van der Waals surface area contributed by atoms with Gasteiger partial charge in [0.2, 0.25) is 0 Å². The van der Waals surface area contributed by atoms with Gasteiger partial charge in [0, 0.05) is 19.0 Å². The Bertz CT molecular complexity index is 735. The third kappa shape index (κ3) is 2.11. The Balaban J connectivity index is 1.80. The van der Waals surface area contributed by atoms with Crippen LogP contribution in [0.15, 0.2) is 29.6 Å². The van der Waals surface area contributed by atoms with Crippen molar-refractivity contribution in [2.45, 2.75) is 31.8 Å². The summed E-state index contributed by atoms with van der Waals surface area (Å²) in [4.78, 5) is 21.5. The molecule has 1 amide bonds. The van der Waals surface area contributed by atoms with E-state index in [1.54, 1.807) is 11.3 Å². The zero-order chi connectivity index (χ0) is 15.3. The molecule has 0 atom stereocenters. The lowest BCUT2D eigenvalue weighted by Crippen LogP contribution is -2.43. The SMILES string of the molecule is Cc1nc(CN2c3ccccc3C(=O)N(C)CC23CC3)cs1. The minimum Gasteiger partial charge on any atom is -0.357 e. The van der Waals surface area contributed by atoms with E-state index in [0.717, 1.165) is 47.9 Å². The maximum atomic E-state index is 12.6. The molecule has 1 aliphatic heterocycles. The number of aromatic nitrogens is 1. The highest BCUT2D eigenvalue weighted by Crippen LogP contribution is 2.48. The first-order valence-electron chi connectivity index (χ1n) is 7.62. The molecule has 1 aromatic carbocycles. The van der Waals surface area contributed by atoms with Crippen LogP contribution in [0.2, 0.25) is 0 Å². The van der Waals surface area contributed by atoms with Gasteiger partial charge in [-0.05, 0) is 31.9 Å². The molecule has 2 heterocycles. The van der Waals surface area contributed by atoms with Crippen LogP contribution in [0.25, 0.3) is 0 Å². The highest BCUT2D eigenvalue weighted by molar-refractivity contribution is 7.09. The van der Waals surface area contributed by atoms with Crippen molar-refractivity contribution in [3.63, 3.8) is 0 Å². The number of thiazole rings is 1. The maximum Gasteiger partial charge on any atom is 0.255 e. The number of carbonyl (C=O) groups is 1. The van der Waals surface area contributed by atoms with E-state index in [2.05, 4.69) is 21.3 Å². The summed E-state index contributed by atoms with van der Waals surface area (Å²) in [7, 11) is 1.91. The standard InChI is InChI=1S/C17H19N3OS/c1-12-18-13(10-22-12)9-20-15-6-4-3-5-14(15)16(21)19(2)11-17(20)7-8-17/h3-6,10H,7-9,11H2,1-2H3. The largest absolute Gasteiger partial charge is 0.357 e. The van der Waals surface area contributed by atoms with Crippen molar-refractivity contribution < 1.29 is 4.79 Å². The predicted octanol–water partition coefficient (Wildman–Crippen LogP) is 3.08. The van der Waals surface area contributed by atoms with Gasteiger partial charge in [-0.1, -0.05) is 12.1 Å². The average molecular weight is 313 g/mol. The molecule has 0 saturated heterocycles. The Hall–Kier alpha value is -1.88. The van der Waals surface area contributed by atoms with Gasteiger partial charge in [0.25, 0.3) is 5.91 Å². The van der Waals surface area contributed by atoms with Crippen LogP contribution in [0.3, 0.4) is 0 Å². The van der Waals surface area contributed by atoms with E-state index in [1.807, 2.05) is 37.1 Å². The lowest BCUT2D eigenvalue weighted by molar-refractivity contribution is 0.0790. The molecule has 0 N–H and O–H groups in total. The summed E-state index contributed by atoms with van der Waals surface area (Å²) in [6, 6.07) is 7.98. The summed E-state index contributed by atoms with van der Waals surface area (Å²) in [6.45, 7) is 3.61. The molecule has 22 heavy (non-hydrogen) atoms. The van der Waals surface area contributed by atoms with Crippen LogP contribution in [0, 0.1) is 6.92 Å². The molecule has 4 rings (SSSR count). The normalized spacial score (nSPS) is 19.3. The first-order valence-corrected chi connectivity index (χ1v) is 8.50. The Morgan fingerprint density at radius 1 is 1.32 bits per heavy atom. The quantitative estimate of drug-likeness (QED) is 0.855. The number of anilines is 1. The van der Waals surface area contributed by atoms with Crippen LogP contribution in [0.5, 0.6) is 0 Å². The van der Waals surface area contributed by atoms with Crippen LogP contribution in [-0.2, 0) is 6.54 Å². The van der Waals surface area contributed by atoms with Gasteiger partial charge < -0.3 is 9.80 Å². The first-order chi connectivity index (χ1) is 10.6. The molecule has 1 saturated carbocycles. The molecule has 1 aliphatic carbocycles. The Morgan fingerprint density at radius 2 is 2.09 bits per heavy atom. The summed E-state index contributed by atoms with van der Waals surface area (Å²) < 4.78 is 0. The third-order valence-electron chi connectivity index (χ3n) is 4.69. The summed E-state index contributed by atoms with van der Waals surface area (Å²) in [6.07, 6.45) is 2.28. The number of rotatable bonds is 2. The van der Waals surface area contributed by atoms with E-state index in [0.29, 0.717) is 0 Å². The maximum absolute atomic E-state index is 12.6. The van der Waals surface area contributed by atoms with Gasteiger partial charge >= 0.3 is 0 Å². The number of aryl methyl sites for hydroxylation is 1. The number of carbonyl (C=O) groups excluding carboxylic acids is 1.